The lowest BCUT2D eigenvalue weighted by Crippen LogP contribution is -2.44. The largest absolute Gasteiger partial charge is 0.455 e. The van der Waals surface area contributed by atoms with Crippen molar-refractivity contribution in [3.8, 4) is 0 Å². The Morgan fingerprint density at radius 3 is 2.17 bits per heavy atom. The molecule has 0 spiro atoms. The molecule has 1 N–H and O–H groups in total. The Labute approximate surface area is 176 Å². The van der Waals surface area contributed by atoms with E-state index in [-0.39, 0.29) is 50.4 Å². The number of carbonyl (C=O) groups is 5. The lowest BCUT2D eigenvalue weighted by atomic mass is 10.2. The molecular weight excluding hydrogens is 390 g/mol. The molecule has 0 aliphatic heterocycles. The van der Waals surface area contributed by atoms with Crippen molar-refractivity contribution in [3.05, 3.63) is 35.9 Å². The molecule has 0 radical (unpaired) electrons. The number of ketones is 1. The summed E-state index contributed by atoms with van der Waals surface area (Å²) in [7, 11) is 1.53. The summed E-state index contributed by atoms with van der Waals surface area (Å²) in [6.07, 6.45) is 0.444. The van der Waals surface area contributed by atoms with Crippen LogP contribution in [0.3, 0.4) is 0 Å². The average Bonchev–Trinajstić information content (AvgIpc) is 2.75. The third-order valence-electron chi connectivity index (χ3n) is 4.24. The highest BCUT2D eigenvalue weighted by molar-refractivity contribution is 6.34. The van der Waals surface area contributed by atoms with Crippen molar-refractivity contribution in [3.63, 3.8) is 0 Å². The summed E-state index contributed by atoms with van der Waals surface area (Å²) in [6, 6.07) is 8.93. The number of nitrogens with one attached hydrogen (secondary N) is 1. The number of Topliss-reactive ketones (excluding diaryl/α,β-unsaturated/α-hetero) is 1. The van der Waals surface area contributed by atoms with Crippen LogP contribution < -0.4 is 5.32 Å². The fraction of sp³-hybridized carbons (Fsp3) is 0.476. The Kier molecular flexibility index (Phi) is 10.8. The molecule has 0 aliphatic carbocycles. The van der Waals surface area contributed by atoms with Gasteiger partial charge in [0, 0.05) is 33.0 Å². The van der Waals surface area contributed by atoms with Crippen molar-refractivity contribution >= 4 is 29.5 Å². The van der Waals surface area contributed by atoms with Gasteiger partial charge < -0.3 is 19.9 Å². The van der Waals surface area contributed by atoms with Gasteiger partial charge in [-0.1, -0.05) is 44.2 Å². The Hall–Kier alpha value is -3.23. The molecule has 9 nitrogen and oxygen atoms in total. The second-order valence-electron chi connectivity index (χ2n) is 6.61. The molecule has 0 saturated heterocycles. The molecule has 0 saturated carbocycles. The van der Waals surface area contributed by atoms with Gasteiger partial charge >= 0.3 is 5.97 Å². The zero-order chi connectivity index (χ0) is 22.5. The first-order valence-electron chi connectivity index (χ1n) is 9.80. The van der Waals surface area contributed by atoms with Crippen molar-refractivity contribution in [1.29, 1.82) is 0 Å². The summed E-state index contributed by atoms with van der Waals surface area (Å²) in [5.74, 6) is -2.72. The molecule has 0 unspecified atom stereocenters. The summed E-state index contributed by atoms with van der Waals surface area (Å²) in [5, 5.41) is 2.60. The second kappa shape index (κ2) is 13.1. The normalized spacial score (nSPS) is 10.1. The predicted molar refractivity (Wildman–Crippen MR) is 109 cm³/mol. The van der Waals surface area contributed by atoms with E-state index in [2.05, 4.69) is 5.32 Å². The van der Waals surface area contributed by atoms with Gasteiger partial charge in [-0.05, 0) is 5.56 Å². The van der Waals surface area contributed by atoms with Gasteiger partial charge in [0.15, 0.2) is 0 Å². The third kappa shape index (κ3) is 8.85. The molecule has 1 aromatic carbocycles. The Morgan fingerprint density at radius 2 is 1.57 bits per heavy atom. The molecule has 0 fully saturated rings. The maximum Gasteiger partial charge on any atom is 0.376 e. The van der Waals surface area contributed by atoms with Gasteiger partial charge in [-0.2, -0.15) is 0 Å². The Morgan fingerprint density at radius 1 is 0.933 bits per heavy atom. The Balaban J connectivity index is 2.49. The van der Waals surface area contributed by atoms with Crippen LogP contribution in [-0.4, -0.2) is 72.5 Å². The minimum atomic E-state index is -1.02. The van der Waals surface area contributed by atoms with Crippen LogP contribution in [0.2, 0.25) is 0 Å². The molecule has 0 aliphatic rings. The maximum absolute atomic E-state index is 12.1. The zero-order valence-corrected chi connectivity index (χ0v) is 17.7. The molecule has 30 heavy (non-hydrogen) atoms. The summed E-state index contributed by atoms with van der Waals surface area (Å²) >= 11 is 0. The quantitative estimate of drug-likeness (QED) is 0.390. The van der Waals surface area contributed by atoms with E-state index in [1.807, 2.05) is 6.07 Å². The molecule has 9 heteroatoms. The number of carbonyl (C=O) groups excluding carboxylic acids is 5. The van der Waals surface area contributed by atoms with Crippen LogP contribution in [0.1, 0.15) is 32.3 Å². The van der Waals surface area contributed by atoms with E-state index in [1.54, 1.807) is 38.1 Å². The van der Waals surface area contributed by atoms with Gasteiger partial charge in [-0.15, -0.1) is 0 Å². The van der Waals surface area contributed by atoms with E-state index in [0.29, 0.717) is 6.42 Å². The van der Waals surface area contributed by atoms with Crippen LogP contribution >= 0.6 is 0 Å². The van der Waals surface area contributed by atoms with Crippen LogP contribution in [0, 0.1) is 0 Å². The van der Waals surface area contributed by atoms with Gasteiger partial charge in [0.1, 0.15) is 6.61 Å². The molecule has 0 aromatic heterocycles. The van der Waals surface area contributed by atoms with Gasteiger partial charge in [-0.25, -0.2) is 4.79 Å². The highest BCUT2D eigenvalue weighted by atomic mass is 16.5. The molecule has 164 valence electrons. The maximum atomic E-state index is 12.1. The molecule has 3 amide bonds. The minimum Gasteiger partial charge on any atom is -0.455 e. The number of likely N-dealkylation sites (N-methyl/N-ethyl adjacent to an activating group) is 1. The molecule has 1 rings (SSSR count). The number of benzene rings is 1. The van der Waals surface area contributed by atoms with Crippen LogP contribution in [0.4, 0.5) is 0 Å². The highest BCUT2D eigenvalue weighted by Crippen LogP contribution is 2.02. The van der Waals surface area contributed by atoms with Gasteiger partial charge in [0.05, 0.1) is 13.1 Å². The number of ether oxygens (including phenoxy) is 1. The number of hydrogen-bond donors (Lipinski definition) is 1. The highest BCUT2D eigenvalue weighted by Gasteiger charge is 2.22. The van der Waals surface area contributed by atoms with Crippen molar-refractivity contribution < 1.29 is 28.7 Å². The van der Waals surface area contributed by atoms with Crippen molar-refractivity contribution in [2.45, 2.75) is 33.3 Å². The van der Waals surface area contributed by atoms with Crippen molar-refractivity contribution in [2.75, 3.05) is 33.2 Å². The number of nitrogens with zero attached hydrogens (tertiary/aromatic N) is 2. The first-order valence-corrected chi connectivity index (χ1v) is 9.80. The number of rotatable bonds is 12. The second-order valence-corrected chi connectivity index (χ2v) is 6.61. The first-order chi connectivity index (χ1) is 14.3. The van der Waals surface area contributed by atoms with Gasteiger partial charge in [0.25, 0.3) is 5.78 Å². The summed E-state index contributed by atoms with van der Waals surface area (Å²) in [6.45, 7) is 2.92. The molecule has 0 heterocycles. The van der Waals surface area contributed by atoms with E-state index >= 15 is 0 Å². The molecule has 0 bridgehead atoms. The molecular formula is C21H29N3O6. The van der Waals surface area contributed by atoms with Crippen molar-refractivity contribution in [2.24, 2.45) is 0 Å². The van der Waals surface area contributed by atoms with Crippen LogP contribution in [0.15, 0.2) is 30.3 Å². The minimum absolute atomic E-state index is 0.0345. The third-order valence-corrected chi connectivity index (χ3v) is 4.24. The lowest BCUT2D eigenvalue weighted by molar-refractivity contribution is -0.156. The van der Waals surface area contributed by atoms with E-state index in [4.69, 9.17) is 4.74 Å². The fourth-order valence-electron chi connectivity index (χ4n) is 2.52. The first kappa shape index (κ1) is 24.8. The fourth-order valence-corrected chi connectivity index (χ4v) is 2.52. The van der Waals surface area contributed by atoms with Crippen LogP contribution in [0.5, 0.6) is 0 Å². The summed E-state index contributed by atoms with van der Waals surface area (Å²) in [5.41, 5.74) is 0.745. The van der Waals surface area contributed by atoms with Crippen molar-refractivity contribution in [1.82, 2.24) is 15.1 Å². The van der Waals surface area contributed by atoms with Gasteiger partial charge in [-0.3, -0.25) is 19.2 Å². The number of amides is 3. The Bertz CT molecular complexity index is 750. The number of esters is 1. The SMILES string of the molecule is CCC(=O)N(C)CC(=O)NCCN(CC(=O)C(=O)OCc1ccccc1)C(=O)CC. The summed E-state index contributed by atoms with van der Waals surface area (Å²) in [4.78, 5) is 62.1. The molecule has 0 atom stereocenters. The average molecular weight is 419 g/mol. The smallest absolute Gasteiger partial charge is 0.376 e. The number of hydrogen-bond acceptors (Lipinski definition) is 6. The lowest BCUT2D eigenvalue weighted by Gasteiger charge is -2.22. The predicted octanol–water partition coefficient (Wildman–Crippen LogP) is 0.522. The summed E-state index contributed by atoms with van der Waals surface area (Å²) < 4.78 is 4.99. The van der Waals surface area contributed by atoms with Crippen LogP contribution in [0.25, 0.3) is 0 Å². The van der Waals surface area contributed by atoms with E-state index in [0.717, 1.165) is 5.56 Å². The topological polar surface area (TPSA) is 113 Å². The van der Waals surface area contributed by atoms with E-state index in [9.17, 15) is 24.0 Å². The zero-order valence-electron chi connectivity index (χ0n) is 17.7. The van der Waals surface area contributed by atoms with E-state index < -0.39 is 18.3 Å². The monoisotopic (exact) mass is 419 g/mol. The standard InChI is InChI=1S/C21H29N3O6/c1-4-19(27)23(3)14-18(26)22-11-12-24(20(28)5-2)13-17(25)21(29)30-15-16-9-7-6-8-10-16/h6-10H,4-5,11-15H2,1-3H3,(H,22,26). The van der Waals surface area contributed by atoms with E-state index in [1.165, 1.54) is 16.8 Å². The van der Waals surface area contributed by atoms with Crippen LogP contribution in [-0.2, 0) is 35.3 Å². The van der Waals surface area contributed by atoms with Gasteiger partial charge in [0.2, 0.25) is 17.7 Å². The molecule has 1 aromatic rings.